The fraction of sp³-hybridized carbons (Fsp3) is 0.250. The van der Waals surface area contributed by atoms with E-state index in [1.165, 1.54) is 0 Å². The molecule has 0 amide bonds. The first-order valence-corrected chi connectivity index (χ1v) is 7.91. The number of pyridine rings is 1. The van der Waals surface area contributed by atoms with Crippen molar-refractivity contribution in [2.45, 2.75) is 19.3 Å². The molecule has 6 heteroatoms. The number of hydrogen-bond acceptors (Lipinski definition) is 5. The lowest BCUT2D eigenvalue weighted by atomic mass is 10.2. The highest BCUT2D eigenvalue weighted by Gasteiger charge is 2.11. The summed E-state index contributed by atoms with van der Waals surface area (Å²) in [6, 6.07) is 9.78. The van der Waals surface area contributed by atoms with Crippen LogP contribution in [0.25, 0.3) is 11.3 Å². The molecular weight excluding hydrogens is 298 g/mol. The van der Waals surface area contributed by atoms with E-state index < -0.39 is 6.10 Å². The molecule has 5 nitrogen and oxygen atoms in total. The minimum atomic E-state index is -0.597. The molecule has 1 atom stereocenters. The van der Waals surface area contributed by atoms with Gasteiger partial charge in [0.05, 0.1) is 31.6 Å². The Morgan fingerprint density at radius 2 is 2.05 bits per heavy atom. The van der Waals surface area contributed by atoms with Crippen molar-refractivity contribution in [3.8, 4) is 11.3 Å². The second-order valence-electron chi connectivity index (χ2n) is 4.88. The number of ether oxygens (including phenoxy) is 1. The molecule has 0 aliphatic rings. The maximum Gasteiger partial charge on any atom is 0.0969 e. The van der Waals surface area contributed by atoms with Gasteiger partial charge in [0.2, 0.25) is 0 Å². The Balaban J connectivity index is 1.56. The zero-order valence-corrected chi connectivity index (χ0v) is 12.8. The second kappa shape index (κ2) is 7.31. The van der Waals surface area contributed by atoms with Crippen LogP contribution in [0.15, 0.2) is 54.3 Å². The molecule has 1 N–H and O–H groups in total. The number of aliphatic hydroxyl groups excluding tert-OH is 1. The number of rotatable bonds is 7. The number of aromatic nitrogens is 3. The van der Waals surface area contributed by atoms with Crippen molar-refractivity contribution in [3.63, 3.8) is 0 Å². The van der Waals surface area contributed by atoms with E-state index in [2.05, 4.69) is 10.1 Å². The summed E-state index contributed by atoms with van der Waals surface area (Å²) in [7, 11) is 0. The van der Waals surface area contributed by atoms with Gasteiger partial charge in [0.15, 0.2) is 0 Å². The van der Waals surface area contributed by atoms with Crippen LogP contribution in [0, 0.1) is 0 Å². The van der Waals surface area contributed by atoms with Crippen LogP contribution in [0.2, 0.25) is 0 Å². The average Bonchev–Trinajstić information content (AvgIpc) is 3.20. The van der Waals surface area contributed by atoms with Crippen LogP contribution in [0.1, 0.15) is 4.88 Å². The van der Waals surface area contributed by atoms with Gasteiger partial charge in [-0.25, -0.2) is 0 Å². The van der Waals surface area contributed by atoms with E-state index in [0.29, 0.717) is 13.2 Å². The van der Waals surface area contributed by atoms with Gasteiger partial charge in [0, 0.05) is 29.0 Å². The van der Waals surface area contributed by atoms with Crippen LogP contribution in [-0.2, 0) is 17.9 Å². The molecule has 3 heterocycles. The molecule has 3 rings (SSSR count). The van der Waals surface area contributed by atoms with E-state index in [4.69, 9.17) is 4.74 Å². The molecule has 0 fully saturated rings. The van der Waals surface area contributed by atoms with E-state index in [9.17, 15) is 5.11 Å². The summed E-state index contributed by atoms with van der Waals surface area (Å²) < 4.78 is 7.33. The molecule has 0 bridgehead atoms. The average molecular weight is 315 g/mol. The zero-order valence-electron chi connectivity index (χ0n) is 12.0. The van der Waals surface area contributed by atoms with Gasteiger partial charge in [-0.2, -0.15) is 5.10 Å². The molecule has 0 aliphatic carbocycles. The van der Waals surface area contributed by atoms with Crippen molar-refractivity contribution in [3.05, 3.63) is 59.2 Å². The maximum absolute atomic E-state index is 10.1. The zero-order chi connectivity index (χ0) is 15.2. The van der Waals surface area contributed by atoms with Crippen molar-refractivity contribution in [2.24, 2.45) is 0 Å². The van der Waals surface area contributed by atoms with E-state index in [1.807, 2.05) is 35.7 Å². The fourth-order valence-electron chi connectivity index (χ4n) is 2.19. The Hall–Kier alpha value is -2.02. The van der Waals surface area contributed by atoms with Crippen LogP contribution < -0.4 is 0 Å². The first kappa shape index (κ1) is 14.9. The monoisotopic (exact) mass is 315 g/mol. The summed E-state index contributed by atoms with van der Waals surface area (Å²) in [5.41, 5.74) is 1.99. The van der Waals surface area contributed by atoms with Crippen molar-refractivity contribution in [1.29, 1.82) is 0 Å². The van der Waals surface area contributed by atoms with E-state index in [0.717, 1.165) is 16.1 Å². The van der Waals surface area contributed by atoms with E-state index in [1.54, 1.807) is 34.6 Å². The third-order valence-corrected chi connectivity index (χ3v) is 4.06. The Bertz CT molecular complexity index is 683. The van der Waals surface area contributed by atoms with Gasteiger partial charge in [-0.3, -0.25) is 9.67 Å². The molecule has 0 saturated carbocycles. The molecule has 0 saturated heterocycles. The van der Waals surface area contributed by atoms with Gasteiger partial charge >= 0.3 is 0 Å². The molecule has 3 aromatic rings. The Morgan fingerprint density at radius 3 is 2.82 bits per heavy atom. The highest BCUT2D eigenvalue weighted by molar-refractivity contribution is 7.09. The van der Waals surface area contributed by atoms with Crippen LogP contribution in [-0.4, -0.2) is 32.6 Å². The summed E-state index contributed by atoms with van der Waals surface area (Å²) in [5.74, 6) is 0. The van der Waals surface area contributed by atoms with E-state index >= 15 is 0 Å². The number of thiophene rings is 1. The minimum absolute atomic E-state index is 0.285. The van der Waals surface area contributed by atoms with E-state index in [-0.39, 0.29) is 6.61 Å². The van der Waals surface area contributed by atoms with Crippen LogP contribution in [0.3, 0.4) is 0 Å². The Labute approximate surface area is 132 Å². The summed E-state index contributed by atoms with van der Waals surface area (Å²) in [6.07, 6.45) is 4.62. The lowest BCUT2D eigenvalue weighted by Gasteiger charge is -2.13. The highest BCUT2D eigenvalue weighted by Crippen LogP contribution is 2.18. The quantitative estimate of drug-likeness (QED) is 0.728. The second-order valence-corrected chi connectivity index (χ2v) is 5.92. The topological polar surface area (TPSA) is 60.2 Å². The van der Waals surface area contributed by atoms with Crippen molar-refractivity contribution in [2.75, 3.05) is 6.61 Å². The van der Waals surface area contributed by atoms with Gasteiger partial charge in [-0.1, -0.05) is 6.07 Å². The van der Waals surface area contributed by atoms with Gasteiger partial charge < -0.3 is 9.84 Å². The summed E-state index contributed by atoms with van der Waals surface area (Å²) in [6.45, 7) is 1.22. The minimum Gasteiger partial charge on any atom is -0.389 e. The van der Waals surface area contributed by atoms with Gasteiger partial charge in [-0.05, 0) is 29.6 Å². The van der Waals surface area contributed by atoms with Crippen molar-refractivity contribution >= 4 is 11.3 Å². The van der Waals surface area contributed by atoms with Crippen LogP contribution >= 0.6 is 11.3 Å². The van der Waals surface area contributed by atoms with Crippen LogP contribution in [0.5, 0.6) is 0 Å². The van der Waals surface area contributed by atoms with Gasteiger partial charge in [-0.15, -0.1) is 11.3 Å². The third kappa shape index (κ3) is 3.79. The Kier molecular flexibility index (Phi) is 4.95. The molecular formula is C16H17N3O2S. The summed E-state index contributed by atoms with van der Waals surface area (Å²) >= 11 is 1.65. The van der Waals surface area contributed by atoms with Crippen molar-refractivity contribution in [1.82, 2.24) is 14.8 Å². The largest absolute Gasteiger partial charge is 0.389 e. The highest BCUT2D eigenvalue weighted by atomic mass is 32.1. The first-order chi connectivity index (χ1) is 10.8. The fourth-order valence-corrected chi connectivity index (χ4v) is 2.83. The SMILES string of the molecule is O[C@H](COCc1cccs1)Cn1nccc1-c1ccncc1. The van der Waals surface area contributed by atoms with Gasteiger partial charge in [0.1, 0.15) is 0 Å². The normalized spacial score (nSPS) is 12.4. The third-order valence-electron chi connectivity index (χ3n) is 3.21. The lowest BCUT2D eigenvalue weighted by Crippen LogP contribution is -2.23. The lowest BCUT2D eigenvalue weighted by molar-refractivity contribution is 0.0199. The standard InChI is InChI=1S/C16H17N3O2S/c20-14(11-21-12-15-2-1-9-22-15)10-19-16(5-8-18-19)13-3-6-17-7-4-13/h1-9,14,20H,10-12H2/t14-/m0/s1. The molecule has 0 radical (unpaired) electrons. The van der Waals surface area contributed by atoms with Crippen molar-refractivity contribution < 1.29 is 9.84 Å². The summed E-state index contributed by atoms with van der Waals surface area (Å²) in [5, 5.41) is 16.4. The smallest absolute Gasteiger partial charge is 0.0969 e. The molecule has 114 valence electrons. The number of aliphatic hydroxyl groups is 1. The molecule has 0 aromatic carbocycles. The number of nitrogens with zero attached hydrogens (tertiary/aromatic N) is 3. The Morgan fingerprint density at radius 1 is 1.18 bits per heavy atom. The number of hydrogen-bond donors (Lipinski definition) is 1. The van der Waals surface area contributed by atoms with Gasteiger partial charge in [0.25, 0.3) is 0 Å². The maximum atomic E-state index is 10.1. The molecule has 22 heavy (non-hydrogen) atoms. The predicted octanol–water partition coefficient (Wildman–Crippen LogP) is 2.58. The molecule has 0 unspecified atom stereocenters. The first-order valence-electron chi connectivity index (χ1n) is 7.03. The van der Waals surface area contributed by atoms with Crippen LogP contribution in [0.4, 0.5) is 0 Å². The molecule has 3 aromatic heterocycles. The molecule has 0 spiro atoms. The summed E-state index contributed by atoms with van der Waals surface area (Å²) in [4.78, 5) is 5.17. The predicted molar refractivity (Wildman–Crippen MR) is 85.4 cm³/mol. The molecule has 0 aliphatic heterocycles.